The van der Waals surface area contributed by atoms with Gasteiger partial charge in [0.2, 0.25) is 5.91 Å². The van der Waals surface area contributed by atoms with E-state index in [1.165, 1.54) is 0 Å². The van der Waals surface area contributed by atoms with Gasteiger partial charge in [-0.2, -0.15) is 0 Å². The van der Waals surface area contributed by atoms with Crippen LogP contribution in [0.3, 0.4) is 0 Å². The fraction of sp³-hybridized carbons (Fsp3) is 0.929. The van der Waals surface area contributed by atoms with Gasteiger partial charge < -0.3 is 16.0 Å². The summed E-state index contributed by atoms with van der Waals surface area (Å²) in [6.45, 7) is 6.77. The first-order chi connectivity index (χ1) is 8.97. The molecule has 19 heavy (non-hydrogen) atoms. The van der Waals surface area contributed by atoms with Gasteiger partial charge in [-0.25, -0.2) is 0 Å². The highest BCUT2D eigenvalue weighted by molar-refractivity contribution is 5.77. The first kappa shape index (κ1) is 16.4. The molecule has 5 nitrogen and oxygen atoms in total. The second-order valence-corrected chi connectivity index (χ2v) is 5.88. The van der Waals surface area contributed by atoms with E-state index in [9.17, 15) is 4.79 Å². The number of nitrogens with zero attached hydrogens (tertiary/aromatic N) is 2. The zero-order valence-electron chi connectivity index (χ0n) is 12.9. The Balaban J connectivity index is 2.49. The molecule has 112 valence electrons. The van der Waals surface area contributed by atoms with Crippen LogP contribution in [0.15, 0.2) is 0 Å². The number of nitrogens with one attached hydrogen (secondary N) is 1. The molecule has 1 fully saturated rings. The van der Waals surface area contributed by atoms with E-state index in [2.05, 4.69) is 43.1 Å². The molecule has 0 radical (unpaired) electrons. The van der Waals surface area contributed by atoms with Gasteiger partial charge in [0.25, 0.3) is 0 Å². The van der Waals surface area contributed by atoms with Gasteiger partial charge in [-0.05, 0) is 40.4 Å². The summed E-state index contributed by atoms with van der Waals surface area (Å²) >= 11 is 0. The van der Waals surface area contributed by atoms with Gasteiger partial charge in [0.1, 0.15) is 0 Å². The van der Waals surface area contributed by atoms with Crippen LogP contribution in [-0.4, -0.2) is 67.6 Å². The number of hydrogen-bond acceptors (Lipinski definition) is 4. The SMILES string of the molecule is CCN(C(C)CN(C)C)C(CN)CC(=O)NC1CC1. The molecule has 1 saturated carbocycles. The molecular weight excluding hydrogens is 240 g/mol. The monoisotopic (exact) mass is 270 g/mol. The predicted octanol–water partition coefficient (Wildman–Crippen LogP) is 0.254. The Bertz CT molecular complexity index is 279. The zero-order chi connectivity index (χ0) is 14.4. The Morgan fingerprint density at radius 2 is 2.05 bits per heavy atom. The lowest BCUT2D eigenvalue weighted by molar-refractivity contribution is -0.122. The number of hydrogen-bond donors (Lipinski definition) is 2. The van der Waals surface area contributed by atoms with Gasteiger partial charge in [0.05, 0.1) is 0 Å². The van der Waals surface area contributed by atoms with Crippen molar-refractivity contribution in [2.45, 2.75) is 51.2 Å². The number of carbonyl (C=O) groups excluding carboxylic acids is 1. The number of amides is 1. The number of likely N-dealkylation sites (N-methyl/N-ethyl adjacent to an activating group) is 2. The smallest absolute Gasteiger partial charge is 0.221 e. The van der Waals surface area contributed by atoms with E-state index in [1.807, 2.05) is 0 Å². The van der Waals surface area contributed by atoms with Crippen LogP contribution >= 0.6 is 0 Å². The van der Waals surface area contributed by atoms with Crippen molar-refractivity contribution in [2.24, 2.45) is 5.73 Å². The Labute approximate surface area is 117 Å². The van der Waals surface area contributed by atoms with Gasteiger partial charge in [-0.15, -0.1) is 0 Å². The van der Waals surface area contributed by atoms with Crippen molar-refractivity contribution >= 4 is 5.91 Å². The van der Waals surface area contributed by atoms with Crippen LogP contribution in [0.25, 0.3) is 0 Å². The molecule has 1 amide bonds. The van der Waals surface area contributed by atoms with Gasteiger partial charge in [0.15, 0.2) is 0 Å². The summed E-state index contributed by atoms with van der Waals surface area (Å²) in [6, 6.07) is 0.973. The molecule has 5 heteroatoms. The fourth-order valence-electron chi connectivity index (χ4n) is 2.63. The van der Waals surface area contributed by atoms with Crippen LogP contribution in [0.5, 0.6) is 0 Å². The molecule has 0 aliphatic heterocycles. The van der Waals surface area contributed by atoms with Gasteiger partial charge in [-0.3, -0.25) is 9.69 Å². The van der Waals surface area contributed by atoms with Crippen molar-refractivity contribution in [1.82, 2.24) is 15.1 Å². The standard InChI is InChI=1S/C14H30N4O/c1-5-18(11(2)10-17(3)4)13(9-15)8-14(19)16-12-6-7-12/h11-13H,5-10,15H2,1-4H3,(H,16,19). The molecule has 0 heterocycles. The summed E-state index contributed by atoms with van der Waals surface area (Å²) in [4.78, 5) is 16.4. The molecule has 0 saturated heterocycles. The molecule has 2 atom stereocenters. The van der Waals surface area contributed by atoms with E-state index in [4.69, 9.17) is 5.73 Å². The lowest BCUT2D eigenvalue weighted by Crippen LogP contribution is -2.50. The molecule has 1 aliphatic carbocycles. The predicted molar refractivity (Wildman–Crippen MR) is 79.0 cm³/mol. The van der Waals surface area contributed by atoms with Crippen molar-refractivity contribution in [3.8, 4) is 0 Å². The number of rotatable bonds is 9. The van der Waals surface area contributed by atoms with Crippen molar-refractivity contribution in [2.75, 3.05) is 33.7 Å². The molecule has 1 aliphatic rings. The molecule has 1 rings (SSSR count). The molecule has 0 aromatic carbocycles. The second-order valence-electron chi connectivity index (χ2n) is 5.88. The van der Waals surface area contributed by atoms with E-state index in [0.29, 0.717) is 25.0 Å². The van der Waals surface area contributed by atoms with Gasteiger partial charge in [0, 0.05) is 37.6 Å². The molecule has 0 bridgehead atoms. The molecule has 2 unspecified atom stereocenters. The van der Waals surface area contributed by atoms with E-state index < -0.39 is 0 Å². The van der Waals surface area contributed by atoms with E-state index in [0.717, 1.165) is 25.9 Å². The van der Waals surface area contributed by atoms with Crippen molar-refractivity contribution < 1.29 is 4.79 Å². The highest BCUT2D eigenvalue weighted by Gasteiger charge is 2.27. The molecule has 0 aromatic heterocycles. The third kappa shape index (κ3) is 5.89. The quantitative estimate of drug-likeness (QED) is 0.631. The van der Waals surface area contributed by atoms with E-state index in [-0.39, 0.29) is 11.9 Å². The Morgan fingerprint density at radius 1 is 1.42 bits per heavy atom. The molecular formula is C14H30N4O. The topological polar surface area (TPSA) is 61.6 Å². The fourth-order valence-corrected chi connectivity index (χ4v) is 2.63. The first-order valence-corrected chi connectivity index (χ1v) is 7.37. The van der Waals surface area contributed by atoms with Crippen LogP contribution in [0.2, 0.25) is 0 Å². The van der Waals surface area contributed by atoms with Gasteiger partial charge in [-0.1, -0.05) is 6.92 Å². The average molecular weight is 270 g/mol. The molecule has 0 aromatic rings. The Kier molecular flexibility index (Phi) is 6.75. The third-order valence-corrected chi connectivity index (χ3v) is 3.67. The lowest BCUT2D eigenvalue weighted by atomic mass is 10.1. The largest absolute Gasteiger partial charge is 0.353 e. The average Bonchev–Trinajstić information content (AvgIpc) is 3.11. The number of nitrogens with two attached hydrogens (primary N) is 1. The van der Waals surface area contributed by atoms with Crippen molar-refractivity contribution in [1.29, 1.82) is 0 Å². The van der Waals surface area contributed by atoms with Gasteiger partial charge >= 0.3 is 0 Å². The minimum absolute atomic E-state index is 0.138. The highest BCUT2D eigenvalue weighted by Crippen LogP contribution is 2.19. The summed E-state index contributed by atoms with van der Waals surface area (Å²) < 4.78 is 0. The summed E-state index contributed by atoms with van der Waals surface area (Å²) in [5.41, 5.74) is 5.88. The summed E-state index contributed by atoms with van der Waals surface area (Å²) in [7, 11) is 4.14. The minimum Gasteiger partial charge on any atom is -0.353 e. The highest BCUT2D eigenvalue weighted by atomic mass is 16.1. The van der Waals surface area contributed by atoms with E-state index >= 15 is 0 Å². The first-order valence-electron chi connectivity index (χ1n) is 7.37. The third-order valence-electron chi connectivity index (χ3n) is 3.67. The van der Waals surface area contributed by atoms with Crippen LogP contribution < -0.4 is 11.1 Å². The molecule has 0 spiro atoms. The summed E-state index contributed by atoms with van der Waals surface area (Å²) in [5, 5.41) is 3.05. The zero-order valence-corrected chi connectivity index (χ0v) is 12.9. The Morgan fingerprint density at radius 3 is 2.47 bits per heavy atom. The number of carbonyl (C=O) groups is 1. The second kappa shape index (κ2) is 7.82. The lowest BCUT2D eigenvalue weighted by Gasteiger charge is -2.36. The summed E-state index contributed by atoms with van der Waals surface area (Å²) in [6.07, 6.45) is 2.78. The molecule has 3 N–H and O–H groups in total. The van der Waals surface area contributed by atoms with Crippen molar-refractivity contribution in [3.05, 3.63) is 0 Å². The maximum atomic E-state index is 11.9. The maximum Gasteiger partial charge on any atom is 0.221 e. The van der Waals surface area contributed by atoms with Crippen LogP contribution in [0, 0.1) is 0 Å². The van der Waals surface area contributed by atoms with Crippen LogP contribution in [-0.2, 0) is 4.79 Å². The minimum atomic E-state index is 0.138. The summed E-state index contributed by atoms with van der Waals surface area (Å²) in [5.74, 6) is 0.147. The maximum absolute atomic E-state index is 11.9. The normalized spacial score (nSPS) is 18.7. The Hall–Kier alpha value is -0.650. The van der Waals surface area contributed by atoms with Crippen molar-refractivity contribution in [3.63, 3.8) is 0 Å². The van der Waals surface area contributed by atoms with Crippen LogP contribution in [0.1, 0.15) is 33.1 Å². The van der Waals surface area contributed by atoms with Crippen LogP contribution in [0.4, 0.5) is 0 Å². The van der Waals surface area contributed by atoms with E-state index in [1.54, 1.807) is 0 Å².